The second-order valence-electron chi connectivity index (χ2n) is 8.33. The van der Waals surface area contributed by atoms with Crippen molar-refractivity contribution in [3.05, 3.63) is 35.4 Å². The molecule has 1 aliphatic rings. The quantitative estimate of drug-likeness (QED) is 0.799. The number of nitrogens with one attached hydrogen (secondary N) is 1. The first kappa shape index (κ1) is 19.8. The average molecular weight is 371 g/mol. The number of hydrogen-bond acceptors (Lipinski definition) is 5. The van der Waals surface area contributed by atoms with E-state index in [4.69, 9.17) is 5.10 Å². The summed E-state index contributed by atoms with van der Waals surface area (Å²) in [5.41, 5.74) is 3.85. The minimum atomic E-state index is 0.410. The van der Waals surface area contributed by atoms with Crippen LogP contribution in [0.1, 0.15) is 62.5 Å². The number of hydrogen-bond donors (Lipinski definition) is 1. The van der Waals surface area contributed by atoms with Gasteiger partial charge in [-0.25, -0.2) is 9.97 Å². The molecule has 6 heteroatoms. The van der Waals surface area contributed by atoms with E-state index in [9.17, 15) is 0 Å². The second-order valence-corrected chi connectivity index (χ2v) is 8.33. The lowest BCUT2D eigenvalue weighted by atomic mass is 9.85. The molecule has 2 heterocycles. The molecule has 0 spiro atoms. The summed E-state index contributed by atoms with van der Waals surface area (Å²) in [5, 5.41) is 8.25. The predicted octanol–water partition coefficient (Wildman–Crippen LogP) is 3.97. The summed E-state index contributed by atoms with van der Waals surface area (Å²) in [6.45, 7) is 10.8. The van der Waals surface area contributed by atoms with Crippen LogP contribution in [0, 0.1) is 19.8 Å². The van der Waals surface area contributed by atoms with E-state index < -0.39 is 0 Å². The molecule has 0 bridgehead atoms. The van der Waals surface area contributed by atoms with E-state index in [-0.39, 0.29) is 0 Å². The fourth-order valence-corrected chi connectivity index (χ4v) is 4.35. The van der Waals surface area contributed by atoms with E-state index in [0.29, 0.717) is 18.0 Å². The third-order valence-corrected chi connectivity index (χ3v) is 5.64. The van der Waals surface area contributed by atoms with Crippen molar-refractivity contribution in [2.24, 2.45) is 5.92 Å². The molecule has 0 aliphatic heterocycles. The molecule has 2 atom stereocenters. The highest BCUT2D eigenvalue weighted by Gasteiger charge is 2.24. The summed E-state index contributed by atoms with van der Waals surface area (Å²) in [4.78, 5) is 11.1. The van der Waals surface area contributed by atoms with Gasteiger partial charge in [-0.1, -0.05) is 6.42 Å². The van der Waals surface area contributed by atoms with Gasteiger partial charge in [0, 0.05) is 48.8 Å². The number of nitrogens with zero attached hydrogens (tertiary/aromatic N) is 5. The molecule has 0 unspecified atom stereocenters. The molecule has 3 rings (SSSR count). The van der Waals surface area contributed by atoms with E-state index in [1.807, 2.05) is 6.07 Å². The second kappa shape index (κ2) is 8.83. The van der Waals surface area contributed by atoms with Crippen LogP contribution in [0.4, 0.5) is 5.95 Å². The summed E-state index contributed by atoms with van der Waals surface area (Å²) in [6.07, 6.45) is 8.56. The SMILES string of the molecule is Cc1nn(C(C)C)c(C)c1CN(C)C[C@@H]1CCC[C@H](Nc2ncccn2)C1. The van der Waals surface area contributed by atoms with Crippen molar-refractivity contribution in [3.63, 3.8) is 0 Å². The third-order valence-electron chi connectivity index (χ3n) is 5.64. The highest BCUT2D eigenvalue weighted by atomic mass is 15.3. The van der Waals surface area contributed by atoms with Gasteiger partial charge in [0.2, 0.25) is 5.95 Å². The van der Waals surface area contributed by atoms with E-state index in [2.05, 4.69) is 59.6 Å². The monoisotopic (exact) mass is 370 g/mol. The first-order valence-corrected chi connectivity index (χ1v) is 10.2. The molecule has 1 fully saturated rings. The summed E-state index contributed by atoms with van der Waals surface area (Å²) < 4.78 is 2.15. The molecule has 1 N–H and O–H groups in total. The Kier molecular flexibility index (Phi) is 6.47. The summed E-state index contributed by atoms with van der Waals surface area (Å²) >= 11 is 0. The van der Waals surface area contributed by atoms with Gasteiger partial charge >= 0.3 is 0 Å². The Bertz CT molecular complexity index is 724. The maximum Gasteiger partial charge on any atom is 0.222 e. The maximum atomic E-state index is 4.73. The van der Waals surface area contributed by atoms with Gasteiger partial charge in [0.1, 0.15) is 0 Å². The molecule has 1 aliphatic carbocycles. The van der Waals surface area contributed by atoms with Gasteiger partial charge in [-0.3, -0.25) is 4.68 Å². The van der Waals surface area contributed by atoms with Gasteiger partial charge in [-0.2, -0.15) is 5.10 Å². The Labute approximate surface area is 163 Å². The highest BCUT2D eigenvalue weighted by Crippen LogP contribution is 2.27. The minimum absolute atomic E-state index is 0.410. The maximum absolute atomic E-state index is 4.73. The molecular weight excluding hydrogens is 336 g/mol. The Morgan fingerprint density at radius 1 is 1.22 bits per heavy atom. The molecular formula is C21H34N6. The molecule has 148 valence electrons. The largest absolute Gasteiger partial charge is 0.351 e. The Morgan fingerprint density at radius 3 is 2.63 bits per heavy atom. The molecule has 0 saturated heterocycles. The lowest BCUT2D eigenvalue weighted by Gasteiger charge is -2.32. The number of anilines is 1. The van der Waals surface area contributed by atoms with E-state index in [0.717, 1.165) is 24.7 Å². The van der Waals surface area contributed by atoms with Gasteiger partial charge in [-0.15, -0.1) is 0 Å². The van der Waals surface area contributed by atoms with Crippen LogP contribution in [-0.2, 0) is 6.54 Å². The van der Waals surface area contributed by atoms with Crippen LogP contribution in [0.2, 0.25) is 0 Å². The lowest BCUT2D eigenvalue weighted by molar-refractivity contribution is 0.220. The molecule has 0 radical (unpaired) electrons. The zero-order valence-electron chi connectivity index (χ0n) is 17.4. The number of rotatable bonds is 7. The van der Waals surface area contributed by atoms with Crippen molar-refractivity contribution in [2.75, 3.05) is 18.9 Å². The topological polar surface area (TPSA) is 58.9 Å². The molecule has 0 amide bonds. The standard InChI is InChI=1S/C21H34N6/c1-15(2)27-17(4)20(16(3)25-27)14-26(5)13-18-8-6-9-19(12-18)24-21-22-10-7-11-23-21/h7,10-11,15,18-19H,6,8-9,12-14H2,1-5H3,(H,22,23,24)/t18-,19+/m1/s1. The first-order chi connectivity index (χ1) is 12.9. The van der Waals surface area contributed by atoms with Gasteiger partial charge < -0.3 is 10.2 Å². The molecule has 2 aromatic heterocycles. The van der Waals surface area contributed by atoms with E-state index >= 15 is 0 Å². The van der Waals surface area contributed by atoms with E-state index in [1.54, 1.807) is 12.4 Å². The van der Waals surface area contributed by atoms with Crippen LogP contribution >= 0.6 is 0 Å². The minimum Gasteiger partial charge on any atom is -0.351 e. The smallest absolute Gasteiger partial charge is 0.222 e. The molecule has 6 nitrogen and oxygen atoms in total. The van der Waals surface area contributed by atoms with Gasteiger partial charge in [0.25, 0.3) is 0 Å². The Morgan fingerprint density at radius 2 is 1.96 bits per heavy atom. The summed E-state index contributed by atoms with van der Waals surface area (Å²) in [5.74, 6) is 1.47. The van der Waals surface area contributed by atoms with Crippen molar-refractivity contribution in [2.45, 2.75) is 72.0 Å². The van der Waals surface area contributed by atoms with Gasteiger partial charge in [0.05, 0.1) is 5.69 Å². The highest BCUT2D eigenvalue weighted by molar-refractivity contribution is 5.25. The molecule has 0 aromatic carbocycles. The van der Waals surface area contributed by atoms with Crippen molar-refractivity contribution in [1.82, 2.24) is 24.6 Å². The summed E-state index contributed by atoms with van der Waals surface area (Å²) in [6, 6.07) is 2.75. The van der Waals surface area contributed by atoms with Gasteiger partial charge in [-0.05, 0) is 66.0 Å². The van der Waals surface area contributed by atoms with Crippen LogP contribution in [0.15, 0.2) is 18.5 Å². The third kappa shape index (κ3) is 5.06. The average Bonchev–Trinajstić information content (AvgIpc) is 2.91. The number of aryl methyl sites for hydroxylation is 1. The number of aromatic nitrogens is 4. The van der Waals surface area contributed by atoms with Crippen LogP contribution in [-0.4, -0.2) is 44.3 Å². The van der Waals surface area contributed by atoms with Crippen LogP contribution in [0.5, 0.6) is 0 Å². The van der Waals surface area contributed by atoms with Crippen LogP contribution in [0.3, 0.4) is 0 Å². The fourth-order valence-electron chi connectivity index (χ4n) is 4.35. The Hall–Kier alpha value is -1.95. The van der Waals surface area contributed by atoms with Crippen molar-refractivity contribution >= 4 is 5.95 Å². The first-order valence-electron chi connectivity index (χ1n) is 10.2. The van der Waals surface area contributed by atoms with Crippen LogP contribution < -0.4 is 5.32 Å². The van der Waals surface area contributed by atoms with Crippen molar-refractivity contribution < 1.29 is 0 Å². The molecule has 27 heavy (non-hydrogen) atoms. The predicted molar refractivity (Wildman–Crippen MR) is 110 cm³/mol. The van der Waals surface area contributed by atoms with Crippen molar-refractivity contribution in [3.8, 4) is 0 Å². The zero-order chi connectivity index (χ0) is 19.4. The summed E-state index contributed by atoms with van der Waals surface area (Å²) in [7, 11) is 2.24. The zero-order valence-corrected chi connectivity index (χ0v) is 17.4. The van der Waals surface area contributed by atoms with Crippen LogP contribution in [0.25, 0.3) is 0 Å². The fraction of sp³-hybridized carbons (Fsp3) is 0.667. The Balaban J connectivity index is 1.55. The molecule has 2 aromatic rings. The van der Waals surface area contributed by atoms with E-state index in [1.165, 1.54) is 36.9 Å². The van der Waals surface area contributed by atoms with Crippen molar-refractivity contribution in [1.29, 1.82) is 0 Å². The normalized spacial score (nSPS) is 20.4. The lowest BCUT2D eigenvalue weighted by Crippen LogP contribution is -2.34. The van der Waals surface area contributed by atoms with Gasteiger partial charge in [0.15, 0.2) is 0 Å². The molecule has 1 saturated carbocycles.